The molecule has 0 aromatic heterocycles. The molecule has 1 N–H and O–H groups in total. The summed E-state index contributed by atoms with van der Waals surface area (Å²) in [7, 11) is 3.09. The minimum atomic E-state index is -0.635. The van der Waals surface area contributed by atoms with Gasteiger partial charge in [0.25, 0.3) is 5.91 Å². The predicted octanol–water partition coefficient (Wildman–Crippen LogP) is 4.99. The smallest absolute Gasteiger partial charge is 0.261 e. The van der Waals surface area contributed by atoms with Crippen molar-refractivity contribution in [2.24, 2.45) is 0 Å². The van der Waals surface area contributed by atoms with Gasteiger partial charge in [-0.3, -0.25) is 9.59 Å². The average molecular weight is 503 g/mol. The lowest BCUT2D eigenvalue weighted by Crippen LogP contribution is -2.52. The lowest BCUT2D eigenvalue weighted by molar-refractivity contribution is -0.143. The number of halogens is 1. The van der Waals surface area contributed by atoms with Gasteiger partial charge in [0, 0.05) is 35.8 Å². The molecular weight excluding hydrogens is 468 g/mol. The fourth-order valence-electron chi connectivity index (χ4n) is 4.37. The first-order valence-corrected chi connectivity index (χ1v) is 12.5. The monoisotopic (exact) mass is 502 g/mol. The van der Waals surface area contributed by atoms with E-state index in [1.165, 1.54) is 6.42 Å². The first-order chi connectivity index (χ1) is 16.9. The van der Waals surface area contributed by atoms with Gasteiger partial charge in [0.2, 0.25) is 5.91 Å². The van der Waals surface area contributed by atoms with Crippen molar-refractivity contribution in [2.75, 3.05) is 20.8 Å². The third kappa shape index (κ3) is 7.52. The van der Waals surface area contributed by atoms with Crippen LogP contribution in [0.4, 0.5) is 0 Å². The summed E-state index contributed by atoms with van der Waals surface area (Å²) in [5.74, 6) is 1.10. The van der Waals surface area contributed by atoms with Gasteiger partial charge in [0.15, 0.2) is 6.61 Å². The molecule has 1 aliphatic carbocycles. The Balaban J connectivity index is 1.79. The highest BCUT2D eigenvalue weighted by atomic mass is 35.5. The van der Waals surface area contributed by atoms with Crippen molar-refractivity contribution in [3.05, 3.63) is 53.1 Å². The van der Waals surface area contributed by atoms with Crippen LogP contribution in [-0.4, -0.2) is 49.6 Å². The van der Waals surface area contributed by atoms with Crippen LogP contribution >= 0.6 is 11.6 Å². The number of benzene rings is 2. The number of carbonyl (C=O) groups is 2. The summed E-state index contributed by atoms with van der Waals surface area (Å²) in [6.45, 7) is 1.87. The van der Waals surface area contributed by atoms with Crippen molar-refractivity contribution >= 4 is 23.4 Å². The zero-order valence-electron chi connectivity index (χ0n) is 20.7. The van der Waals surface area contributed by atoms with Gasteiger partial charge < -0.3 is 24.4 Å². The molecule has 2 aromatic rings. The molecule has 3 rings (SSSR count). The standard InChI is InChI=1S/C27H35ClN2O5/c1-4-25(27(32)29-20-11-6-5-7-12-20)30(17-19-10-8-9-13-24(19)28)26(31)18-35-23-15-21(33-2)14-22(16-23)34-3/h8-10,13-16,20,25H,4-7,11-12,17-18H2,1-3H3,(H,29,32). The Bertz CT molecular complexity index is 971. The molecule has 1 fully saturated rings. The summed E-state index contributed by atoms with van der Waals surface area (Å²) in [5, 5.41) is 3.72. The van der Waals surface area contributed by atoms with Crippen molar-refractivity contribution in [1.29, 1.82) is 0 Å². The van der Waals surface area contributed by atoms with Crippen LogP contribution in [0, 0.1) is 0 Å². The van der Waals surface area contributed by atoms with E-state index in [1.807, 2.05) is 25.1 Å². The highest BCUT2D eigenvalue weighted by Gasteiger charge is 2.31. The molecule has 0 aliphatic heterocycles. The van der Waals surface area contributed by atoms with Gasteiger partial charge in [0.05, 0.1) is 14.2 Å². The number of carbonyl (C=O) groups excluding carboxylic acids is 2. The van der Waals surface area contributed by atoms with Gasteiger partial charge in [-0.05, 0) is 30.9 Å². The Morgan fingerprint density at radius 3 is 2.26 bits per heavy atom. The number of hydrogen-bond donors (Lipinski definition) is 1. The van der Waals surface area contributed by atoms with E-state index in [0.717, 1.165) is 31.2 Å². The van der Waals surface area contributed by atoms with Crippen LogP contribution in [0.5, 0.6) is 17.2 Å². The summed E-state index contributed by atoms with van der Waals surface area (Å²) in [4.78, 5) is 28.3. The van der Waals surface area contributed by atoms with Crippen LogP contribution in [-0.2, 0) is 16.1 Å². The van der Waals surface area contributed by atoms with E-state index < -0.39 is 6.04 Å². The molecule has 0 heterocycles. The molecule has 1 unspecified atom stereocenters. The summed E-state index contributed by atoms with van der Waals surface area (Å²) in [6, 6.07) is 12.0. The second-order valence-electron chi connectivity index (χ2n) is 8.72. The third-order valence-electron chi connectivity index (χ3n) is 6.32. The van der Waals surface area contributed by atoms with Crippen LogP contribution in [0.25, 0.3) is 0 Å². The van der Waals surface area contributed by atoms with Crippen molar-refractivity contribution in [2.45, 2.75) is 64.1 Å². The van der Waals surface area contributed by atoms with Crippen LogP contribution in [0.3, 0.4) is 0 Å². The van der Waals surface area contributed by atoms with E-state index in [1.54, 1.807) is 43.4 Å². The predicted molar refractivity (Wildman–Crippen MR) is 136 cm³/mol. The minimum absolute atomic E-state index is 0.136. The first-order valence-electron chi connectivity index (χ1n) is 12.1. The Morgan fingerprint density at radius 2 is 1.66 bits per heavy atom. The van der Waals surface area contributed by atoms with Crippen molar-refractivity contribution in [1.82, 2.24) is 10.2 Å². The Kier molecular flexibility index (Phi) is 10.1. The van der Waals surface area contributed by atoms with E-state index >= 15 is 0 Å². The summed E-state index contributed by atoms with van der Waals surface area (Å²) < 4.78 is 16.4. The zero-order valence-corrected chi connectivity index (χ0v) is 21.5. The number of ether oxygens (including phenoxy) is 3. The van der Waals surface area contributed by atoms with Gasteiger partial charge >= 0.3 is 0 Å². The number of nitrogens with one attached hydrogen (secondary N) is 1. The molecular formula is C27H35ClN2O5. The molecule has 0 radical (unpaired) electrons. The zero-order chi connectivity index (χ0) is 25.2. The molecule has 2 aromatic carbocycles. The number of nitrogens with zero attached hydrogens (tertiary/aromatic N) is 1. The molecule has 1 saturated carbocycles. The molecule has 190 valence electrons. The van der Waals surface area contributed by atoms with Crippen molar-refractivity contribution in [3.63, 3.8) is 0 Å². The van der Waals surface area contributed by atoms with Crippen LogP contribution in [0.1, 0.15) is 51.0 Å². The Morgan fingerprint density at radius 1 is 1.03 bits per heavy atom. The molecule has 0 saturated heterocycles. The first kappa shape index (κ1) is 26.7. The highest BCUT2D eigenvalue weighted by Crippen LogP contribution is 2.28. The highest BCUT2D eigenvalue weighted by molar-refractivity contribution is 6.31. The Labute approximate surface area is 212 Å². The fraction of sp³-hybridized carbons (Fsp3) is 0.481. The molecule has 1 aliphatic rings. The second kappa shape index (κ2) is 13.2. The molecule has 35 heavy (non-hydrogen) atoms. The summed E-state index contributed by atoms with van der Waals surface area (Å²) >= 11 is 6.40. The number of amides is 2. The topological polar surface area (TPSA) is 77.1 Å². The van der Waals surface area contributed by atoms with E-state index in [9.17, 15) is 9.59 Å². The van der Waals surface area contributed by atoms with Gasteiger partial charge in [-0.2, -0.15) is 0 Å². The average Bonchev–Trinajstić information content (AvgIpc) is 2.88. The van der Waals surface area contributed by atoms with Gasteiger partial charge in [-0.1, -0.05) is 56.0 Å². The largest absolute Gasteiger partial charge is 0.496 e. The van der Waals surface area contributed by atoms with Gasteiger partial charge in [0.1, 0.15) is 23.3 Å². The van der Waals surface area contributed by atoms with Crippen LogP contribution in [0.2, 0.25) is 5.02 Å². The van der Waals surface area contributed by atoms with Gasteiger partial charge in [-0.15, -0.1) is 0 Å². The number of hydrogen-bond acceptors (Lipinski definition) is 5. The quantitative estimate of drug-likeness (QED) is 0.468. The minimum Gasteiger partial charge on any atom is -0.496 e. The normalized spacial score (nSPS) is 14.6. The number of methoxy groups -OCH3 is 2. The van der Waals surface area contributed by atoms with Gasteiger partial charge in [-0.25, -0.2) is 0 Å². The molecule has 7 nitrogen and oxygen atoms in total. The van der Waals surface area contributed by atoms with Crippen molar-refractivity contribution in [3.8, 4) is 17.2 Å². The van der Waals surface area contributed by atoms with Crippen molar-refractivity contribution < 1.29 is 23.8 Å². The third-order valence-corrected chi connectivity index (χ3v) is 6.69. The lowest BCUT2D eigenvalue weighted by Gasteiger charge is -2.33. The molecule has 1 atom stereocenters. The Hall–Kier alpha value is -2.93. The van der Waals surface area contributed by atoms with E-state index in [2.05, 4.69) is 5.32 Å². The molecule has 2 amide bonds. The molecule has 0 spiro atoms. The fourth-order valence-corrected chi connectivity index (χ4v) is 4.56. The van der Waals surface area contributed by atoms with Crippen LogP contribution < -0.4 is 19.5 Å². The maximum Gasteiger partial charge on any atom is 0.261 e. The summed E-state index contributed by atoms with van der Waals surface area (Å²) in [6.07, 6.45) is 5.85. The second-order valence-corrected chi connectivity index (χ2v) is 9.12. The molecule has 8 heteroatoms. The molecule has 0 bridgehead atoms. The maximum absolute atomic E-state index is 13.5. The SMILES string of the molecule is CCC(C(=O)NC1CCCCC1)N(Cc1ccccc1Cl)C(=O)COc1cc(OC)cc(OC)c1. The van der Waals surface area contributed by atoms with Crippen LogP contribution in [0.15, 0.2) is 42.5 Å². The number of rotatable bonds is 11. The van der Waals surface area contributed by atoms with E-state index in [0.29, 0.717) is 28.7 Å². The maximum atomic E-state index is 13.5. The lowest BCUT2D eigenvalue weighted by atomic mass is 9.95. The summed E-state index contributed by atoms with van der Waals surface area (Å²) in [5.41, 5.74) is 0.773. The van der Waals surface area contributed by atoms with E-state index in [4.69, 9.17) is 25.8 Å². The van der Waals surface area contributed by atoms with E-state index in [-0.39, 0.29) is 31.0 Å².